The van der Waals surface area contributed by atoms with Gasteiger partial charge in [0.15, 0.2) is 0 Å². The Kier molecular flexibility index (Phi) is 5.76. The van der Waals surface area contributed by atoms with Crippen molar-refractivity contribution in [2.75, 3.05) is 6.61 Å². The van der Waals surface area contributed by atoms with Gasteiger partial charge >= 0.3 is 0 Å². The first-order chi connectivity index (χ1) is 11.0. The highest BCUT2D eigenvalue weighted by molar-refractivity contribution is 5.94. The molecule has 2 N–H and O–H groups in total. The van der Waals surface area contributed by atoms with Gasteiger partial charge in [-0.25, -0.2) is 0 Å². The van der Waals surface area contributed by atoms with Gasteiger partial charge in [0.1, 0.15) is 18.1 Å². The van der Waals surface area contributed by atoms with E-state index in [2.05, 4.69) is 10.5 Å². The lowest BCUT2D eigenvalue weighted by molar-refractivity contribution is 0.0915. The standard InChI is InChI=1S/C17H22N2O4/c1-4-14(9-20)18-17(21)13-5-7-15(8-6-13)22-10-16-11(2)19-23-12(16)3/h5-8,14,20H,4,9-10H2,1-3H3,(H,18,21). The minimum absolute atomic E-state index is 0.0686. The van der Waals surface area contributed by atoms with Crippen molar-refractivity contribution in [2.45, 2.75) is 39.8 Å². The van der Waals surface area contributed by atoms with Crippen molar-refractivity contribution < 1.29 is 19.2 Å². The number of nitrogens with one attached hydrogen (secondary N) is 1. The van der Waals surface area contributed by atoms with E-state index in [0.717, 1.165) is 17.0 Å². The highest BCUT2D eigenvalue weighted by Crippen LogP contribution is 2.18. The average Bonchev–Trinajstić information content (AvgIpc) is 2.89. The van der Waals surface area contributed by atoms with E-state index in [1.807, 2.05) is 20.8 Å². The number of ether oxygens (including phenoxy) is 1. The Morgan fingerprint density at radius 2 is 2.04 bits per heavy atom. The number of rotatable bonds is 7. The number of amides is 1. The van der Waals surface area contributed by atoms with Gasteiger partial charge in [-0.2, -0.15) is 0 Å². The maximum atomic E-state index is 12.0. The summed E-state index contributed by atoms with van der Waals surface area (Å²) in [5.41, 5.74) is 2.27. The largest absolute Gasteiger partial charge is 0.489 e. The molecule has 124 valence electrons. The monoisotopic (exact) mass is 318 g/mol. The molecule has 0 radical (unpaired) electrons. The van der Waals surface area contributed by atoms with Crippen LogP contribution >= 0.6 is 0 Å². The zero-order chi connectivity index (χ0) is 16.8. The number of aryl methyl sites for hydroxylation is 2. The molecule has 0 aliphatic heterocycles. The quantitative estimate of drug-likeness (QED) is 0.819. The van der Waals surface area contributed by atoms with Crippen molar-refractivity contribution in [3.05, 3.63) is 46.8 Å². The molecule has 0 bridgehead atoms. The molecule has 23 heavy (non-hydrogen) atoms. The smallest absolute Gasteiger partial charge is 0.251 e. The van der Waals surface area contributed by atoms with Crippen LogP contribution in [-0.2, 0) is 6.61 Å². The topological polar surface area (TPSA) is 84.6 Å². The molecular weight excluding hydrogens is 296 g/mol. The lowest BCUT2D eigenvalue weighted by atomic mass is 10.1. The summed E-state index contributed by atoms with van der Waals surface area (Å²) in [6, 6.07) is 6.66. The van der Waals surface area contributed by atoms with Gasteiger partial charge in [-0.05, 0) is 44.5 Å². The zero-order valence-corrected chi connectivity index (χ0v) is 13.6. The van der Waals surface area contributed by atoms with Crippen LogP contribution in [0.3, 0.4) is 0 Å². The van der Waals surface area contributed by atoms with Gasteiger partial charge in [0.2, 0.25) is 0 Å². The molecule has 1 amide bonds. The van der Waals surface area contributed by atoms with Gasteiger partial charge in [0.25, 0.3) is 5.91 Å². The number of nitrogens with zero attached hydrogens (tertiary/aromatic N) is 1. The van der Waals surface area contributed by atoms with Crippen molar-refractivity contribution >= 4 is 5.91 Å². The summed E-state index contributed by atoms with van der Waals surface area (Å²) in [6.07, 6.45) is 0.681. The number of carbonyl (C=O) groups is 1. The van der Waals surface area contributed by atoms with Crippen molar-refractivity contribution in [1.29, 1.82) is 0 Å². The summed E-state index contributed by atoms with van der Waals surface area (Å²) >= 11 is 0. The highest BCUT2D eigenvalue weighted by Gasteiger charge is 2.12. The summed E-state index contributed by atoms with van der Waals surface area (Å²) in [6.45, 7) is 5.92. The number of carbonyl (C=O) groups excluding carboxylic acids is 1. The third kappa shape index (κ3) is 4.32. The molecule has 0 saturated carbocycles. The van der Waals surface area contributed by atoms with Crippen molar-refractivity contribution in [1.82, 2.24) is 10.5 Å². The van der Waals surface area contributed by atoms with Crippen LogP contribution in [0.5, 0.6) is 5.75 Å². The highest BCUT2D eigenvalue weighted by atomic mass is 16.5. The minimum atomic E-state index is -0.224. The van der Waals surface area contributed by atoms with Crippen LogP contribution < -0.4 is 10.1 Å². The molecule has 0 spiro atoms. The maximum Gasteiger partial charge on any atom is 0.251 e. The fourth-order valence-corrected chi connectivity index (χ4v) is 2.11. The second-order valence-corrected chi connectivity index (χ2v) is 5.38. The summed E-state index contributed by atoms with van der Waals surface area (Å²) < 4.78 is 10.8. The fourth-order valence-electron chi connectivity index (χ4n) is 2.11. The summed E-state index contributed by atoms with van der Waals surface area (Å²) in [7, 11) is 0. The lowest BCUT2D eigenvalue weighted by Crippen LogP contribution is -2.36. The Hall–Kier alpha value is -2.34. The lowest BCUT2D eigenvalue weighted by Gasteiger charge is -2.14. The van der Waals surface area contributed by atoms with Crippen LogP contribution in [0.4, 0.5) is 0 Å². The van der Waals surface area contributed by atoms with Crippen LogP contribution in [0, 0.1) is 13.8 Å². The van der Waals surface area contributed by atoms with Gasteiger partial charge in [0, 0.05) is 5.56 Å². The third-order valence-corrected chi connectivity index (χ3v) is 3.73. The van der Waals surface area contributed by atoms with Gasteiger partial charge < -0.3 is 19.7 Å². The zero-order valence-electron chi connectivity index (χ0n) is 13.6. The molecule has 2 rings (SSSR count). The molecule has 6 nitrogen and oxygen atoms in total. The first-order valence-corrected chi connectivity index (χ1v) is 7.61. The average molecular weight is 318 g/mol. The normalized spacial score (nSPS) is 12.0. The molecule has 1 aromatic carbocycles. The van der Waals surface area contributed by atoms with Crippen LogP contribution in [-0.4, -0.2) is 28.8 Å². The summed E-state index contributed by atoms with van der Waals surface area (Å²) in [5, 5.41) is 15.8. The number of hydrogen-bond acceptors (Lipinski definition) is 5. The van der Waals surface area contributed by atoms with E-state index in [0.29, 0.717) is 24.3 Å². The number of aliphatic hydroxyl groups excluding tert-OH is 1. The Bertz CT molecular complexity index is 626. The second-order valence-electron chi connectivity index (χ2n) is 5.38. The van der Waals surface area contributed by atoms with E-state index in [4.69, 9.17) is 14.4 Å². The fraction of sp³-hybridized carbons (Fsp3) is 0.412. The first-order valence-electron chi connectivity index (χ1n) is 7.61. The van der Waals surface area contributed by atoms with E-state index in [1.165, 1.54) is 0 Å². The molecule has 1 unspecified atom stereocenters. The molecule has 0 aliphatic carbocycles. The van der Waals surface area contributed by atoms with E-state index in [9.17, 15) is 4.79 Å². The number of aliphatic hydroxyl groups is 1. The van der Waals surface area contributed by atoms with Crippen molar-refractivity contribution in [3.63, 3.8) is 0 Å². The molecule has 1 atom stereocenters. The molecule has 1 heterocycles. The third-order valence-electron chi connectivity index (χ3n) is 3.73. The van der Waals surface area contributed by atoms with Crippen molar-refractivity contribution in [2.24, 2.45) is 0 Å². The van der Waals surface area contributed by atoms with Crippen LogP contribution in [0.15, 0.2) is 28.8 Å². The molecule has 0 fully saturated rings. The van der Waals surface area contributed by atoms with Crippen LogP contribution in [0.1, 0.15) is 40.7 Å². The van der Waals surface area contributed by atoms with Gasteiger partial charge in [-0.1, -0.05) is 12.1 Å². The molecule has 0 saturated heterocycles. The maximum absolute atomic E-state index is 12.0. The molecule has 0 aliphatic rings. The molecule has 1 aromatic heterocycles. The first kappa shape index (κ1) is 17.0. The second kappa shape index (κ2) is 7.78. The van der Waals surface area contributed by atoms with Gasteiger partial charge in [-0.3, -0.25) is 4.79 Å². The molecule has 2 aromatic rings. The van der Waals surface area contributed by atoms with E-state index in [1.54, 1.807) is 24.3 Å². The molecular formula is C17H22N2O4. The number of benzene rings is 1. The Balaban J connectivity index is 1.95. The number of hydrogen-bond donors (Lipinski definition) is 2. The van der Waals surface area contributed by atoms with Gasteiger partial charge in [0.05, 0.1) is 23.9 Å². The van der Waals surface area contributed by atoms with Crippen LogP contribution in [0.2, 0.25) is 0 Å². The van der Waals surface area contributed by atoms with E-state index < -0.39 is 0 Å². The Labute approximate surface area is 135 Å². The van der Waals surface area contributed by atoms with E-state index in [-0.39, 0.29) is 18.6 Å². The SMILES string of the molecule is CCC(CO)NC(=O)c1ccc(OCc2c(C)noc2C)cc1. The Morgan fingerprint density at radius 1 is 1.35 bits per heavy atom. The van der Waals surface area contributed by atoms with E-state index >= 15 is 0 Å². The van der Waals surface area contributed by atoms with Crippen molar-refractivity contribution in [3.8, 4) is 5.75 Å². The molecule has 6 heteroatoms. The summed E-state index contributed by atoms with van der Waals surface area (Å²) in [4.78, 5) is 12.0. The Morgan fingerprint density at radius 3 is 2.57 bits per heavy atom. The van der Waals surface area contributed by atoms with Crippen LogP contribution in [0.25, 0.3) is 0 Å². The predicted molar refractivity (Wildman–Crippen MR) is 85.4 cm³/mol. The van der Waals surface area contributed by atoms with Gasteiger partial charge in [-0.15, -0.1) is 0 Å². The number of aromatic nitrogens is 1. The minimum Gasteiger partial charge on any atom is -0.489 e. The predicted octanol–water partition coefficient (Wildman–Crippen LogP) is 2.37. The summed E-state index contributed by atoms with van der Waals surface area (Å²) in [5.74, 6) is 1.20.